The molecule has 2 aromatic carbocycles. The van der Waals surface area contributed by atoms with Crippen LogP contribution in [0.25, 0.3) is 17.0 Å². The van der Waals surface area contributed by atoms with Crippen molar-refractivity contribution in [1.82, 2.24) is 19.9 Å². The normalized spacial score (nSPS) is 12.1. The number of pyridine rings is 1. The Hall–Kier alpha value is -5.14. The van der Waals surface area contributed by atoms with E-state index in [0.717, 1.165) is 6.07 Å². The van der Waals surface area contributed by atoms with Crippen LogP contribution in [-0.4, -0.2) is 50.0 Å². The summed E-state index contributed by atoms with van der Waals surface area (Å²) in [6.45, 7) is 3.71. The Morgan fingerprint density at radius 3 is 2.34 bits per heavy atom. The molecule has 0 radical (unpaired) electrons. The second kappa shape index (κ2) is 11.9. The largest absolute Gasteiger partial charge is 0.573 e. The van der Waals surface area contributed by atoms with Crippen LogP contribution in [0, 0.1) is 5.92 Å². The summed E-state index contributed by atoms with van der Waals surface area (Å²) in [5.74, 6) is -1.87. The molecule has 11 nitrogen and oxygen atoms in total. The van der Waals surface area contributed by atoms with Gasteiger partial charge in [-0.1, -0.05) is 26.0 Å². The number of hydrogen-bond acceptors (Lipinski definition) is 6. The first-order chi connectivity index (χ1) is 19.4. The van der Waals surface area contributed by atoms with Crippen LogP contribution in [0.4, 0.5) is 29.3 Å². The zero-order valence-corrected chi connectivity index (χ0v) is 21.8. The quantitative estimate of drug-likeness (QED) is 0.217. The molecule has 0 aliphatic heterocycles. The van der Waals surface area contributed by atoms with Crippen molar-refractivity contribution < 1.29 is 37.4 Å². The summed E-state index contributed by atoms with van der Waals surface area (Å²) in [7, 11) is 0. The number of nitrogens with one attached hydrogen (secondary N) is 3. The maximum Gasteiger partial charge on any atom is 0.573 e. The number of aromatic nitrogens is 3. The number of anilines is 2. The SMILES string of the molecule is CC(C)C[C@H](NC(=O)c1cccn2c(-c3ccc(NC(=O)Nc4ccccc4OC(F)(F)F)cc3)nnc12)C(=O)O. The number of carbonyl (C=O) groups excluding carboxylic acids is 2. The maximum absolute atomic E-state index is 12.9. The second-order valence-electron chi connectivity index (χ2n) is 9.33. The molecule has 214 valence electrons. The smallest absolute Gasteiger partial charge is 0.480 e. The zero-order valence-electron chi connectivity index (χ0n) is 21.8. The van der Waals surface area contributed by atoms with Gasteiger partial charge in [-0.3, -0.25) is 9.20 Å². The van der Waals surface area contributed by atoms with Crippen molar-refractivity contribution in [2.24, 2.45) is 5.92 Å². The molecule has 0 aliphatic carbocycles. The van der Waals surface area contributed by atoms with Crippen molar-refractivity contribution in [2.45, 2.75) is 32.7 Å². The number of carbonyl (C=O) groups is 3. The van der Waals surface area contributed by atoms with Gasteiger partial charge in [0.15, 0.2) is 17.2 Å². The van der Waals surface area contributed by atoms with Crippen LogP contribution in [0.15, 0.2) is 66.9 Å². The topological polar surface area (TPSA) is 147 Å². The van der Waals surface area contributed by atoms with Gasteiger partial charge in [0.2, 0.25) is 0 Å². The molecule has 3 amide bonds. The highest BCUT2D eigenvalue weighted by molar-refractivity contribution is 6.02. The van der Waals surface area contributed by atoms with Crippen LogP contribution in [0.5, 0.6) is 5.75 Å². The average molecular weight is 571 g/mol. The van der Waals surface area contributed by atoms with E-state index in [-0.39, 0.29) is 29.2 Å². The number of ether oxygens (including phenoxy) is 1. The number of hydrogen-bond donors (Lipinski definition) is 4. The molecule has 41 heavy (non-hydrogen) atoms. The van der Waals surface area contributed by atoms with Gasteiger partial charge in [-0.05, 0) is 60.9 Å². The monoisotopic (exact) mass is 570 g/mol. The summed E-state index contributed by atoms with van der Waals surface area (Å²) in [5.41, 5.74) is 1.10. The highest BCUT2D eigenvalue weighted by Crippen LogP contribution is 2.30. The molecule has 4 aromatic rings. The van der Waals surface area contributed by atoms with Crippen LogP contribution in [0.1, 0.15) is 30.6 Å². The molecule has 4 N–H and O–H groups in total. The minimum Gasteiger partial charge on any atom is -0.480 e. The molecule has 0 saturated carbocycles. The standard InChI is InChI=1S/C27H25F3N6O5/c1-15(2)14-20(25(38)39)32-24(37)18-6-5-13-36-22(34-35-23(18)36)16-9-11-17(12-10-16)31-26(40)33-19-7-3-4-8-21(19)41-27(28,29)30/h3-13,15,20H,14H2,1-2H3,(H,32,37)(H,38,39)(H2,31,33,40)/t20-/m0/s1. The molecular weight excluding hydrogens is 545 g/mol. The molecule has 0 aliphatic rings. The Kier molecular flexibility index (Phi) is 8.40. The molecule has 0 bridgehead atoms. The Balaban J connectivity index is 1.48. The molecule has 0 saturated heterocycles. The van der Waals surface area contributed by atoms with E-state index in [1.54, 1.807) is 40.9 Å². The molecule has 2 heterocycles. The van der Waals surface area contributed by atoms with E-state index >= 15 is 0 Å². The predicted octanol–water partition coefficient (Wildman–Crippen LogP) is 5.17. The number of nitrogens with zero attached hydrogens (tertiary/aromatic N) is 3. The lowest BCUT2D eigenvalue weighted by Crippen LogP contribution is -2.41. The molecular formula is C27H25F3N6O5. The van der Waals surface area contributed by atoms with Gasteiger partial charge in [-0.15, -0.1) is 23.4 Å². The van der Waals surface area contributed by atoms with Gasteiger partial charge < -0.3 is 25.8 Å². The number of urea groups is 1. The van der Waals surface area contributed by atoms with Gasteiger partial charge in [0.05, 0.1) is 11.3 Å². The number of carboxylic acids is 1. The summed E-state index contributed by atoms with van der Waals surface area (Å²) < 4.78 is 43.4. The van der Waals surface area contributed by atoms with Crippen LogP contribution >= 0.6 is 0 Å². The third kappa shape index (κ3) is 7.29. The van der Waals surface area contributed by atoms with E-state index in [9.17, 15) is 32.7 Å². The lowest BCUT2D eigenvalue weighted by molar-refractivity contribution is -0.274. The van der Waals surface area contributed by atoms with E-state index in [2.05, 4.69) is 30.9 Å². The second-order valence-corrected chi connectivity index (χ2v) is 9.33. The fourth-order valence-corrected chi connectivity index (χ4v) is 3.99. The Morgan fingerprint density at radius 2 is 1.68 bits per heavy atom. The van der Waals surface area contributed by atoms with Gasteiger partial charge >= 0.3 is 18.4 Å². The lowest BCUT2D eigenvalue weighted by atomic mass is 10.0. The summed E-state index contributed by atoms with van der Waals surface area (Å²) in [5, 5.41) is 25.1. The minimum atomic E-state index is -4.92. The fraction of sp³-hybridized carbons (Fsp3) is 0.222. The van der Waals surface area contributed by atoms with E-state index in [4.69, 9.17) is 0 Å². The van der Waals surface area contributed by atoms with Crippen LogP contribution < -0.4 is 20.7 Å². The number of rotatable bonds is 9. The fourth-order valence-electron chi connectivity index (χ4n) is 3.99. The first-order valence-electron chi connectivity index (χ1n) is 12.3. The van der Waals surface area contributed by atoms with Crippen molar-refractivity contribution in [2.75, 3.05) is 10.6 Å². The maximum atomic E-state index is 12.9. The third-order valence-electron chi connectivity index (χ3n) is 5.75. The van der Waals surface area contributed by atoms with Gasteiger partial charge in [0.1, 0.15) is 6.04 Å². The number of carboxylic acid groups (broad SMARTS) is 1. The van der Waals surface area contributed by atoms with Gasteiger partial charge in [0, 0.05) is 17.4 Å². The number of benzene rings is 2. The number of fused-ring (bicyclic) bond motifs is 1. The molecule has 14 heteroatoms. The molecule has 0 spiro atoms. The molecule has 1 atom stereocenters. The summed E-state index contributed by atoms with van der Waals surface area (Å²) >= 11 is 0. The van der Waals surface area contributed by atoms with E-state index in [1.807, 2.05) is 13.8 Å². The van der Waals surface area contributed by atoms with Crippen LogP contribution in [0.3, 0.4) is 0 Å². The van der Waals surface area contributed by atoms with E-state index < -0.39 is 36.1 Å². The minimum absolute atomic E-state index is 0.0506. The third-order valence-corrected chi connectivity index (χ3v) is 5.75. The number of halogens is 3. The highest BCUT2D eigenvalue weighted by Gasteiger charge is 2.32. The molecule has 0 fully saturated rings. The number of amides is 3. The highest BCUT2D eigenvalue weighted by atomic mass is 19.4. The van der Waals surface area contributed by atoms with Crippen molar-refractivity contribution in [1.29, 1.82) is 0 Å². The number of aliphatic carboxylic acids is 1. The lowest BCUT2D eigenvalue weighted by Gasteiger charge is -2.16. The summed E-state index contributed by atoms with van der Waals surface area (Å²) in [6.07, 6.45) is -3.02. The van der Waals surface area contributed by atoms with Gasteiger partial charge in [-0.2, -0.15) is 0 Å². The zero-order chi connectivity index (χ0) is 29.7. The Bertz CT molecular complexity index is 1570. The van der Waals surface area contributed by atoms with Crippen LogP contribution in [-0.2, 0) is 4.79 Å². The molecule has 4 rings (SSSR count). The number of alkyl halides is 3. The van der Waals surface area contributed by atoms with E-state index in [1.165, 1.54) is 24.3 Å². The van der Waals surface area contributed by atoms with E-state index in [0.29, 0.717) is 17.1 Å². The summed E-state index contributed by atoms with van der Waals surface area (Å²) in [4.78, 5) is 36.9. The first kappa shape index (κ1) is 28.9. The van der Waals surface area contributed by atoms with Crippen molar-refractivity contribution in [3.63, 3.8) is 0 Å². The summed E-state index contributed by atoms with van der Waals surface area (Å²) in [6, 6.07) is 12.7. The first-order valence-corrected chi connectivity index (χ1v) is 12.3. The van der Waals surface area contributed by atoms with Crippen LogP contribution in [0.2, 0.25) is 0 Å². The molecule has 2 aromatic heterocycles. The van der Waals surface area contributed by atoms with Crippen molar-refractivity contribution >= 4 is 34.9 Å². The predicted molar refractivity (Wildman–Crippen MR) is 143 cm³/mol. The number of para-hydroxylation sites is 2. The van der Waals surface area contributed by atoms with Crippen molar-refractivity contribution in [3.8, 4) is 17.1 Å². The Morgan fingerprint density at radius 1 is 0.976 bits per heavy atom. The van der Waals surface area contributed by atoms with Gasteiger partial charge in [0.25, 0.3) is 5.91 Å². The van der Waals surface area contributed by atoms with Gasteiger partial charge in [-0.25, -0.2) is 9.59 Å². The average Bonchev–Trinajstić information content (AvgIpc) is 3.33. The molecule has 0 unspecified atom stereocenters. The Labute approximate surface area is 231 Å². The van der Waals surface area contributed by atoms with Crippen molar-refractivity contribution in [3.05, 3.63) is 72.4 Å².